The van der Waals surface area contributed by atoms with E-state index in [4.69, 9.17) is 16.3 Å². The van der Waals surface area contributed by atoms with Crippen LogP contribution in [0.5, 0.6) is 0 Å². The van der Waals surface area contributed by atoms with Crippen molar-refractivity contribution in [1.29, 1.82) is 0 Å². The molecular weight excluding hydrogens is 338 g/mol. The molecule has 0 aliphatic carbocycles. The minimum Gasteiger partial charge on any atom is -0.381 e. The summed E-state index contributed by atoms with van der Waals surface area (Å²) in [5.41, 5.74) is 1.98. The molecule has 1 N–H and O–H groups in total. The number of nitrogens with one attached hydrogen (secondary N) is 1. The lowest BCUT2D eigenvalue weighted by atomic mass is 9.74. The van der Waals surface area contributed by atoms with Gasteiger partial charge in [0.2, 0.25) is 0 Å². The second kappa shape index (κ2) is 6.61. The summed E-state index contributed by atoms with van der Waals surface area (Å²) >= 11 is 6.23. The normalized spacial score (nSPS) is 16.9. The van der Waals surface area contributed by atoms with Crippen molar-refractivity contribution in [1.82, 2.24) is 19.8 Å². The lowest BCUT2D eigenvalue weighted by molar-refractivity contribution is 0.0543. The van der Waals surface area contributed by atoms with E-state index in [0.29, 0.717) is 0 Å². The van der Waals surface area contributed by atoms with Crippen LogP contribution in [0.15, 0.2) is 36.4 Å². The molecule has 3 heterocycles. The summed E-state index contributed by atoms with van der Waals surface area (Å²) in [4.78, 5) is 0. The lowest BCUT2D eigenvalue weighted by Crippen LogP contribution is -2.40. The van der Waals surface area contributed by atoms with Crippen LogP contribution in [0.3, 0.4) is 0 Å². The van der Waals surface area contributed by atoms with Crippen molar-refractivity contribution < 1.29 is 4.74 Å². The van der Waals surface area contributed by atoms with Gasteiger partial charge >= 0.3 is 0 Å². The van der Waals surface area contributed by atoms with E-state index in [1.165, 1.54) is 5.56 Å². The van der Waals surface area contributed by atoms with Crippen LogP contribution in [0, 0.1) is 6.92 Å². The minimum atomic E-state index is -0.0119. The highest BCUT2D eigenvalue weighted by Crippen LogP contribution is 2.36. The fourth-order valence-electron chi connectivity index (χ4n) is 3.40. The Balaban J connectivity index is 1.61. The molecule has 1 aliphatic rings. The molecule has 2 aromatic heterocycles. The maximum Gasteiger partial charge on any atom is 0.178 e. The van der Waals surface area contributed by atoms with Crippen molar-refractivity contribution in [3.8, 4) is 0 Å². The predicted octanol–water partition coefficient (Wildman–Crippen LogP) is 3.25. The fourth-order valence-corrected chi connectivity index (χ4v) is 3.59. The van der Waals surface area contributed by atoms with E-state index in [0.717, 1.165) is 54.9 Å². The van der Waals surface area contributed by atoms with Gasteiger partial charge in [-0.25, -0.2) is 0 Å². The van der Waals surface area contributed by atoms with E-state index in [2.05, 4.69) is 32.7 Å². The zero-order chi connectivity index (χ0) is 17.3. The van der Waals surface area contributed by atoms with Crippen LogP contribution < -0.4 is 5.32 Å². The molecule has 130 valence electrons. The zero-order valence-corrected chi connectivity index (χ0v) is 14.8. The van der Waals surface area contributed by atoms with Crippen LogP contribution in [-0.4, -0.2) is 39.6 Å². The Hall–Kier alpha value is -2.18. The molecule has 7 heteroatoms. The zero-order valence-electron chi connectivity index (χ0n) is 14.1. The molecule has 3 aromatic rings. The largest absolute Gasteiger partial charge is 0.381 e. The third-order valence-electron chi connectivity index (χ3n) is 4.91. The van der Waals surface area contributed by atoms with Crippen LogP contribution >= 0.6 is 11.6 Å². The molecule has 0 spiro atoms. The topological polar surface area (TPSA) is 64.3 Å². The predicted molar refractivity (Wildman–Crippen MR) is 97.2 cm³/mol. The molecule has 4 rings (SSSR count). The van der Waals surface area contributed by atoms with Gasteiger partial charge in [0, 0.05) is 30.2 Å². The average molecular weight is 358 g/mol. The van der Waals surface area contributed by atoms with Gasteiger partial charge in [0.15, 0.2) is 11.5 Å². The second-order valence-corrected chi connectivity index (χ2v) is 6.93. The number of benzene rings is 1. The first-order valence-corrected chi connectivity index (χ1v) is 8.81. The molecule has 0 atom stereocenters. The maximum atomic E-state index is 6.23. The number of anilines is 1. The van der Waals surface area contributed by atoms with Crippen LogP contribution in [-0.2, 0) is 10.2 Å². The number of ether oxygens (including phenoxy) is 1. The second-order valence-electron chi connectivity index (χ2n) is 6.49. The molecule has 0 radical (unpaired) electrons. The highest BCUT2D eigenvalue weighted by molar-refractivity contribution is 6.30. The number of fused-ring (bicyclic) bond motifs is 1. The Morgan fingerprint density at radius 3 is 2.84 bits per heavy atom. The summed E-state index contributed by atoms with van der Waals surface area (Å²) in [5.74, 6) is 1.58. The van der Waals surface area contributed by atoms with Gasteiger partial charge < -0.3 is 10.1 Å². The van der Waals surface area contributed by atoms with Crippen LogP contribution in [0.2, 0.25) is 5.02 Å². The molecule has 1 aliphatic heterocycles. The van der Waals surface area contributed by atoms with E-state index in [1.54, 1.807) is 4.52 Å². The number of halogens is 1. The smallest absolute Gasteiger partial charge is 0.178 e. The van der Waals surface area contributed by atoms with Crippen molar-refractivity contribution in [2.75, 3.05) is 25.1 Å². The van der Waals surface area contributed by atoms with Crippen molar-refractivity contribution in [2.45, 2.75) is 25.2 Å². The third kappa shape index (κ3) is 3.19. The van der Waals surface area contributed by atoms with Gasteiger partial charge in [-0.15, -0.1) is 15.3 Å². The first-order valence-electron chi connectivity index (χ1n) is 8.43. The standard InChI is InChI=1S/C18H20ClN5O/c1-13-21-22-17-6-5-16(23-24(13)17)20-12-18(7-9-25-10-8-18)14-3-2-4-15(19)11-14/h2-6,11H,7-10,12H2,1H3,(H,20,23). The van der Waals surface area contributed by atoms with Gasteiger partial charge in [-0.2, -0.15) is 4.52 Å². The molecule has 0 amide bonds. The minimum absolute atomic E-state index is 0.0119. The molecule has 1 aromatic carbocycles. The van der Waals surface area contributed by atoms with Crippen LogP contribution in [0.25, 0.3) is 5.65 Å². The lowest BCUT2D eigenvalue weighted by Gasteiger charge is -2.38. The number of hydrogen-bond donors (Lipinski definition) is 1. The summed E-state index contributed by atoms with van der Waals surface area (Å²) < 4.78 is 7.34. The summed E-state index contributed by atoms with van der Waals surface area (Å²) in [7, 11) is 0. The van der Waals surface area contributed by atoms with Gasteiger partial charge in [0.05, 0.1) is 0 Å². The number of aryl methyl sites for hydroxylation is 1. The van der Waals surface area contributed by atoms with Gasteiger partial charge in [0.1, 0.15) is 5.82 Å². The Morgan fingerprint density at radius 1 is 1.20 bits per heavy atom. The molecule has 1 fully saturated rings. The van der Waals surface area contributed by atoms with Gasteiger partial charge in [0.25, 0.3) is 0 Å². The monoisotopic (exact) mass is 357 g/mol. The van der Waals surface area contributed by atoms with Crippen molar-refractivity contribution >= 4 is 23.1 Å². The van der Waals surface area contributed by atoms with Crippen LogP contribution in [0.1, 0.15) is 24.2 Å². The highest BCUT2D eigenvalue weighted by Gasteiger charge is 2.34. The molecule has 0 unspecified atom stereocenters. The van der Waals surface area contributed by atoms with E-state index in [9.17, 15) is 0 Å². The van der Waals surface area contributed by atoms with Crippen molar-refractivity contribution in [3.63, 3.8) is 0 Å². The Bertz CT molecular complexity index is 888. The number of nitrogens with zero attached hydrogens (tertiary/aromatic N) is 4. The first-order chi connectivity index (χ1) is 12.2. The van der Waals surface area contributed by atoms with E-state index in [-0.39, 0.29) is 5.41 Å². The SMILES string of the molecule is Cc1nnc2ccc(NCC3(c4cccc(Cl)c4)CCOCC3)nn12. The summed E-state index contributed by atoms with van der Waals surface area (Å²) in [5, 5.41) is 17.0. The summed E-state index contributed by atoms with van der Waals surface area (Å²) in [6.07, 6.45) is 1.91. The Kier molecular flexibility index (Phi) is 4.31. The van der Waals surface area contributed by atoms with E-state index >= 15 is 0 Å². The third-order valence-corrected chi connectivity index (χ3v) is 5.15. The van der Waals surface area contributed by atoms with E-state index in [1.807, 2.05) is 31.2 Å². The maximum absolute atomic E-state index is 6.23. The number of hydrogen-bond acceptors (Lipinski definition) is 5. The number of rotatable bonds is 4. The quantitative estimate of drug-likeness (QED) is 0.776. The highest BCUT2D eigenvalue weighted by atomic mass is 35.5. The molecule has 25 heavy (non-hydrogen) atoms. The Morgan fingerprint density at radius 2 is 2.04 bits per heavy atom. The first kappa shape index (κ1) is 16.3. The van der Waals surface area contributed by atoms with Gasteiger partial charge in [-0.05, 0) is 49.6 Å². The molecular formula is C18H20ClN5O. The summed E-state index contributed by atoms with van der Waals surface area (Å²) in [6.45, 7) is 4.18. The van der Waals surface area contributed by atoms with Gasteiger partial charge in [-0.1, -0.05) is 23.7 Å². The molecule has 0 saturated carbocycles. The van der Waals surface area contributed by atoms with Crippen molar-refractivity contribution in [3.05, 3.63) is 52.8 Å². The average Bonchev–Trinajstić information content (AvgIpc) is 3.01. The Labute approximate surface area is 151 Å². The van der Waals surface area contributed by atoms with Crippen LogP contribution in [0.4, 0.5) is 5.82 Å². The molecule has 6 nitrogen and oxygen atoms in total. The molecule has 1 saturated heterocycles. The van der Waals surface area contributed by atoms with Crippen molar-refractivity contribution in [2.24, 2.45) is 0 Å². The number of aromatic nitrogens is 4. The summed E-state index contributed by atoms with van der Waals surface area (Å²) in [6, 6.07) is 12.0. The molecule has 0 bridgehead atoms. The van der Waals surface area contributed by atoms with Gasteiger partial charge in [-0.3, -0.25) is 0 Å². The van der Waals surface area contributed by atoms with E-state index < -0.39 is 0 Å². The fraction of sp³-hybridized carbons (Fsp3) is 0.389.